The molecule has 0 aliphatic carbocycles. The molecule has 1 aliphatic rings. The predicted octanol–water partition coefficient (Wildman–Crippen LogP) is 1.64. The molecule has 1 aromatic rings. The molecule has 1 N–H and O–H groups in total. The molecule has 1 amide bonds. The van der Waals surface area contributed by atoms with Crippen LogP contribution < -0.4 is 5.32 Å². The molecular weight excluding hydrogens is 324 g/mol. The minimum Gasteiger partial charge on any atom is -0.466 e. The third kappa shape index (κ3) is 5.94. The Labute approximate surface area is 138 Å². The lowest BCUT2D eigenvalue weighted by molar-refractivity contribution is -0.142. The predicted molar refractivity (Wildman–Crippen MR) is 85.2 cm³/mol. The normalized spacial score (nSPS) is 17.4. The van der Waals surface area contributed by atoms with E-state index in [0.717, 1.165) is 23.8 Å². The van der Waals surface area contributed by atoms with Gasteiger partial charge in [0.2, 0.25) is 5.91 Å². The summed E-state index contributed by atoms with van der Waals surface area (Å²) in [6.45, 7) is 3.51. The standard InChI is InChI=1S/C14H20N2O4S2/c1-2-19-13(18)6-10-8-21-14(16-10)22-9-12(17)15-7-11-4-3-5-20-11/h8,11H,2-7,9H2,1H3,(H,15,17). The summed E-state index contributed by atoms with van der Waals surface area (Å²) in [5, 5.41) is 4.69. The molecule has 0 aromatic carbocycles. The number of hydrogen-bond acceptors (Lipinski definition) is 7. The summed E-state index contributed by atoms with van der Waals surface area (Å²) in [4.78, 5) is 27.4. The van der Waals surface area contributed by atoms with Crippen molar-refractivity contribution in [3.63, 3.8) is 0 Å². The zero-order chi connectivity index (χ0) is 15.8. The van der Waals surface area contributed by atoms with Crippen molar-refractivity contribution in [1.82, 2.24) is 10.3 Å². The van der Waals surface area contributed by atoms with E-state index >= 15 is 0 Å². The number of nitrogens with zero attached hydrogens (tertiary/aromatic N) is 1. The average Bonchev–Trinajstić information content (AvgIpc) is 3.14. The van der Waals surface area contributed by atoms with Gasteiger partial charge in [0.1, 0.15) is 0 Å². The van der Waals surface area contributed by atoms with Crippen molar-refractivity contribution < 1.29 is 19.1 Å². The van der Waals surface area contributed by atoms with E-state index in [1.807, 2.05) is 5.38 Å². The first-order valence-electron chi connectivity index (χ1n) is 7.28. The molecule has 6 nitrogen and oxygen atoms in total. The number of thiazole rings is 1. The second kappa shape index (κ2) is 9.12. The number of thioether (sulfide) groups is 1. The molecule has 1 saturated heterocycles. The Morgan fingerprint density at radius 1 is 1.59 bits per heavy atom. The van der Waals surface area contributed by atoms with Gasteiger partial charge in [-0.3, -0.25) is 9.59 Å². The highest BCUT2D eigenvalue weighted by molar-refractivity contribution is 8.01. The number of amides is 1. The Morgan fingerprint density at radius 3 is 3.18 bits per heavy atom. The number of ether oxygens (including phenoxy) is 2. The minimum atomic E-state index is -0.279. The fourth-order valence-electron chi connectivity index (χ4n) is 2.01. The average molecular weight is 344 g/mol. The quantitative estimate of drug-likeness (QED) is 0.571. The lowest BCUT2D eigenvalue weighted by Gasteiger charge is -2.10. The number of carbonyl (C=O) groups is 2. The molecule has 0 saturated carbocycles. The van der Waals surface area contributed by atoms with Crippen LogP contribution in [-0.2, 0) is 25.5 Å². The van der Waals surface area contributed by atoms with Crippen LogP contribution in [0.1, 0.15) is 25.5 Å². The van der Waals surface area contributed by atoms with Gasteiger partial charge in [0, 0.05) is 18.5 Å². The van der Waals surface area contributed by atoms with Gasteiger partial charge in [0.05, 0.1) is 30.6 Å². The molecule has 1 unspecified atom stereocenters. The Kier molecular flexibility index (Phi) is 7.14. The van der Waals surface area contributed by atoms with Crippen molar-refractivity contribution in [2.24, 2.45) is 0 Å². The Hall–Kier alpha value is -1.12. The number of carbonyl (C=O) groups excluding carboxylic acids is 2. The maximum atomic E-state index is 11.8. The van der Waals surface area contributed by atoms with Crippen molar-refractivity contribution in [2.45, 2.75) is 36.6 Å². The van der Waals surface area contributed by atoms with Gasteiger partial charge in [0.25, 0.3) is 0 Å². The van der Waals surface area contributed by atoms with Gasteiger partial charge in [-0.2, -0.15) is 0 Å². The van der Waals surface area contributed by atoms with Crippen molar-refractivity contribution in [3.8, 4) is 0 Å². The third-order valence-electron chi connectivity index (χ3n) is 3.04. The van der Waals surface area contributed by atoms with E-state index in [1.165, 1.54) is 23.1 Å². The fraction of sp³-hybridized carbons (Fsp3) is 0.643. The van der Waals surface area contributed by atoms with Crippen LogP contribution in [0, 0.1) is 0 Å². The molecule has 1 aliphatic heterocycles. The van der Waals surface area contributed by atoms with Crippen molar-refractivity contribution >= 4 is 35.0 Å². The van der Waals surface area contributed by atoms with Gasteiger partial charge in [-0.25, -0.2) is 4.98 Å². The third-order valence-corrected chi connectivity index (χ3v) is 5.11. The van der Waals surface area contributed by atoms with Gasteiger partial charge in [-0.05, 0) is 19.8 Å². The van der Waals surface area contributed by atoms with E-state index in [-0.39, 0.29) is 24.4 Å². The van der Waals surface area contributed by atoms with E-state index in [1.54, 1.807) is 6.92 Å². The largest absolute Gasteiger partial charge is 0.466 e. The highest BCUT2D eigenvalue weighted by Crippen LogP contribution is 2.22. The van der Waals surface area contributed by atoms with Gasteiger partial charge in [0.15, 0.2) is 4.34 Å². The van der Waals surface area contributed by atoms with Gasteiger partial charge >= 0.3 is 5.97 Å². The van der Waals surface area contributed by atoms with Crippen molar-refractivity contribution in [3.05, 3.63) is 11.1 Å². The van der Waals surface area contributed by atoms with E-state index in [2.05, 4.69) is 10.3 Å². The van der Waals surface area contributed by atoms with Crippen LogP contribution in [0.3, 0.4) is 0 Å². The molecular formula is C14H20N2O4S2. The summed E-state index contributed by atoms with van der Waals surface area (Å²) in [6.07, 6.45) is 2.41. The maximum Gasteiger partial charge on any atom is 0.311 e. The van der Waals surface area contributed by atoms with Crippen LogP contribution in [0.4, 0.5) is 0 Å². The van der Waals surface area contributed by atoms with Crippen LogP contribution in [-0.4, -0.2) is 48.5 Å². The summed E-state index contributed by atoms with van der Waals surface area (Å²) in [7, 11) is 0. The first kappa shape index (κ1) is 17.2. The molecule has 1 atom stereocenters. The smallest absolute Gasteiger partial charge is 0.311 e. The first-order valence-corrected chi connectivity index (χ1v) is 9.15. The molecule has 2 rings (SSSR count). The van der Waals surface area contributed by atoms with E-state index in [0.29, 0.717) is 24.6 Å². The molecule has 8 heteroatoms. The monoisotopic (exact) mass is 344 g/mol. The fourth-order valence-corrected chi connectivity index (χ4v) is 3.68. The van der Waals surface area contributed by atoms with E-state index in [4.69, 9.17) is 9.47 Å². The highest BCUT2D eigenvalue weighted by Gasteiger charge is 2.16. The summed E-state index contributed by atoms with van der Waals surface area (Å²) in [5.74, 6) is 0.0142. The highest BCUT2D eigenvalue weighted by atomic mass is 32.2. The SMILES string of the molecule is CCOC(=O)Cc1csc(SCC(=O)NCC2CCCO2)n1. The van der Waals surface area contributed by atoms with Gasteiger partial charge in [-0.15, -0.1) is 11.3 Å². The summed E-state index contributed by atoms with van der Waals surface area (Å²) >= 11 is 2.81. The van der Waals surface area contributed by atoms with Gasteiger partial charge in [-0.1, -0.05) is 11.8 Å². The van der Waals surface area contributed by atoms with Crippen molar-refractivity contribution in [2.75, 3.05) is 25.5 Å². The molecule has 2 heterocycles. The Balaban J connectivity index is 1.66. The Bertz CT molecular complexity index is 501. The molecule has 1 aromatic heterocycles. The van der Waals surface area contributed by atoms with Crippen LogP contribution >= 0.6 is 23.1 Å². The lowest BCUT2D eigenvalue weighted by atomic mass is 10.2. The molecule has 22 heavy (non-hydrogen) atoms. The molecule has 1 fully saturated rings. The first-order chi connectivity index (χ1) is 10.7. The van der Waals surface area contributed by atoms with Crippen LogP contribution in [0.5, 0.6) is 0 Å². The van der Waals surface area contributed by atoms with E-state index < -0.39 is 0 Å². The molecule has 122 valence electrons. The minimum absolute atomic E-state index is 0.0253. The van der Waals surface area contributed by atoms with Crippen molar-refractivity contribution in [1.29, 1.82) is 0 Å². The zero-order valence-electron chi connectivity index (χ0n) is 12.5. The number of hydrogen-bond donors (Lipinski definition) is 1. The van der Waals surface area contributed by atoms with Crippen LogP contribution in [0.2, 0.25) is 0 Å². The molecule has 0 bridgehead atoms. The number of rotatable bonds is 8. The number of aromatic nitrogens is 1. The van der Waals surface area contributed by atoms with Crippen LogP contribution in [0.15, 0.2) is 9.72 Å². The summed E-state index contributed by atoms with van der Waals surface area (Å²) < 4.78 is 11.1. The number of esters is 1. The Morgan fingerprint density at radius 2 is 2.45 bits per heavy atom. The molecule has 0 spiro atoms. The second-order valence-electron chi connectivity index (χ2n) is 4.81. The lowest BCUT2D eigenvalue weighted by Crippen LogP contribution is -2.32. The number of nitrogens with one attached hydrogen (secondary N) is 1. The summed E-state index contributed by atoms with van der Waals surface area (Å²) in [6, 6.07) is 0. The maximum absolute atomic E-state index is 11.8. The van der Waals surface area contributed by atoms with E-state index in [9.17, 15) is 9.59 Å². The second-order valence-corrected chi connectivity index (χ2v) is 6.89. The zero-order valence-corrected chi connectivity index (χ0v) is 14.1. The topological polar surface area (TPSA) is 77.5 Å². The molecule has 0 radical (unpaired) electrons. The van der Waals surface area contributed by atoms with Gasteiger partial charge < -0.3 is 14.8 Å². The summed E-state index contributed by atoms with van der Waals surface area (Å²) in [5.41, 5.74) is 0.686. The van der Waals surface area contributed by atoms with Crippen LogP contribution in [0.25, 0.3) is 0 Å².